The van der Waals surface area contributed by atoms with Crippen molar-refractivity contribution in [2.45, 2.75) is 6.42 Å². The Morgan fingerprint density at radius 3 is 2.76 bits per heavy atom. The molecule has 0 atom stereocenters. The van der Waals surface area contributed by atoms with Crippen LogP contribution in [0.4, 0.5) is 0 Å². The first-order chi connectivity index (χ1) is 10.3. The van der Waals surface area contributed by atoms with Crippen LogP contribution in [-0.4, -0.2) is 17.1 Å². The number of aromatic amines is 2. The maximum absolute atomic E-state index is 5.26. The second-order valence-corrected chi connectivity index (χ2v) is 5.28. The van der Waals surface area contributed by atoms with E-state index < -0.39 is 0 Å². The van der Waals surface area contributed by atoms with Gasteiger partial charge in [0.2, 0.25) is 0 Å². The molecule has 0 saturated carbocycles. The van der Waals surface area contributed by atoms with E-state index in [0.29, 0.717) is 0 Å². The first-order valence-electron chi connectivity index (χ1n) is 7.04. The largest absolute Gasteiger partial charge is 0.497 e. The SMILES string of the molecule is COc1ccc2c(Cc3cc4ccccc4[nH]3)c[nH]c2c1. The van der Waals surface area contributed by atoms with Crippen molar-refractivity contribution in [3.63, 3.8) is 0 Å². The van der Waals surface area contributed by atoms with Gasteiger partial charge in [0.05, 0.1) is 7.11 Å². The van der Waals surface area contributed by atoms with E-state index in [2.05, 4.69) is 52.6 Å². The normalized spacial score (nSPS) is 11.3. The van der Waals surface area contributed by atoms with Crippen molar-refractivity contribution in [2.75, 3.05) is 7.11 Å². The fourth-order valence-corrected chi connectivity index (χ4v) is 2.87. The Labute approximate surface area is 122 Å². The number of methoxy groups -OCH3 is 1. The molecule has 2 aromatic heterocycles. The molecule has 2 aromatic carbocycles. The number of aromatic nitrogens is 2. The minimum atomic E-state index is 0.876. The van der Waals surface area contributed by atoms with Gasteiger partial charge in [0.1, 0.15) is 5.75 Å². The summed E-state index contributed by atoms with van der Waals surface area (Å²) in [6.07, 6.45) is 2.97. The first kappa shape index (κ1) is 12.1. The van der Waals surface area contributed by atoms with E-state index >= 15 is 0 Å². The van der Waals surface area contributed by atoms with E-state index in [-0.39, 0.29) is 0 Å². The van der Waals surface area contributed by atoms with Gasteiger partial charge in [0, 0.05) is 40.8 Å². The Morgan fingerprint density at radius 2 is 1.90 bits per heavy atom. The van der Waals surface area contributed by atoms with Gasteiger partial charge in [-0.25, -0.2) is 0 Å². The number of nitrogens with one attached hydrogen (secondary N) is 2. The number of ether oxygens (including phenoxy) is 1. The molecule has 104 valence electrons. The van der Waals surface area contributed by atoms with E-state index in [1.54, 1.807) is 7.11 Å². The number of H-pyrrole nitrogens is 2. The topological polar surface area (TPSA) is 40.8 Å². The molecule has 4 aromatic rings. The Bertz CT molecular complexity index is 884. The van der Waals surface area contributed by atoms with Crippen LogP contribution in [-0.2, 0) is 6.42 Å². The third kappa shape index (κ3) is 2.07. The number of rotatable bonds is 3. The van der Waals surface area contributed by atoms with Crippen molar-refractivity contribution in [1.29, 1.82) is 0 Å². The van der Waals surface area contributed by atoms with Crippen LogP contribution >= 0.6 is 0 Å². The van der Waals surface area contributed by atoms with Gasteiger partial charge >= 0.3 is 0 Å². The molecule has 0 aliphatic rings. The predicted molar refractivity (Wildman–Crippen MR) is 86.0 cm³/mol. The molecule has 4 rings (SSSR count). The molecule has 0 aliphatic heterocycles. The number of hydrogen-bond donors (Lipinski definition) is 2. The Morgan fingerprint density at radius 1 is 1.00 bits per heavy atom. The van der Waals surface area contributed by atoms with Crippen LogP contribution in [0.5, 0.6) is 5.75 Å². The van der Waals surface area contributed by atoms with Crippen LogP contribution in [0.2, 0.25) is 0 Å². The van der Waals surface area contributed by atoms with Crippen LogP contribution in [0, 0.1) is 0 Å². The van der Waals surface area contributed by atoms with Crippen LogP contribution in [0.15, 0.2) is 54.7 Å². The zero-order chi connectivity index (χ0) is 14.2. The Hall–Kier alpha value is -2.68. The highest BCUT2D eigenvalue weighted by Gasteiger charge is 2.07. The molecule has 0 radical (unpaired) electrons. The summed E-state index contributed by atoms with van der Waals surface area (Å²) in [6, 6.07) is 16.7. The third-order valence-electron chi connectivity index (χ3n) is 3.94. The van der Waals surface area contributed by atoms with Crippen LogP contribution in [0.1, 0.15) is 11.3 Å². The van der Waals surface area contributed by atoms with E-state index in [9.17, 15) is 0 Å². The van der Waals surface area contributed by atoms with Gasteiger partial charge in [-0.2, -0.15) is 0 Å². The maximum atomic E-state index is 5.26. The second kappa shape index (κ2) is 4.70. The smallest absolute Gasteiger partial charge is 0.120 e. The number of para-hydroxylation sites is 1. The molecule has 2 heterocycles. The second-order valence-electron chi connectivity index (χ2n) is 5.28. The summed E-state index contributed by atoms with van der Waals surface area (Å²) >= 11 is 0. The summed E-state index contributed by atoms with van der Waals surface area (Å²) in [5.41, 5.74) is 4.82. The summed E-state index contributed by atoms with van der Waals surface area (Å²) < 4.78 is 5.26. The third-order valence-corrected chi connectivity index (χ3v) is 3.94. The molecule has 3 nitrogen and oxygen atoms in total. The molecule has 0 bridgehead atoms. The molecule has 2 N–H and O–H groups in total. The minimum Gasteiger partial charge on any atom is -0.497 e. The summed E-state index contributed by atoms with van der Waals surface area (Å²) in [5, 5.41) is 2.50. The van der Waals surface area contributed by atoms with Gasteiger partial charge in [-0.15, -0.1) is 0 Å². The predicted octanol–water partition coefficient (Wildman–Crippen LogP) is 4.25. The Balaban J connectivity index is 1.73. The lowest BCUT2D eigenvalue weighted by atomic mass is 10.1. The first-order valence-corrected chi connectivity index (χ1v) is 7.04. The molecule has 0 spiro atoms. The molecular formula is C18H16N2O. The average molecular weight is 276 g/mol. The van der Waals surface area contributed by atoms with Crippen molar-refractivity contribution >= 4 is 21.8 Å². The minimum absolute atomic E-state index is 0.876. The van der Waals surface area contributed by atoms with Gasteiger partial charge in [-0.3, -0.25) is 0 Å². The van der Waals surface area contributed by atoms with Crippen molar-refractivity contribution in [3.05, 3.63) is 66.0 Å². The molecule has 3 heteroatoms. The van der Waals surface area contributed by atoms with Crippen molar-refractivity contribution in [2.24, 2.45) is 0 Å². The highest BCUT2D eigenvalue weighted by Crippen LogP contribution is 2.25. The summed E-state index contributed by atoms with van der Waals surface area (Å²) in [5.74, 6) is 0.876. The lowest BCUT2D eigenvalue weighted by Gasteiger charge is -2.00. The average Bonchev–Trinajstić information content (AvgIpc) is 3.10. The van der Waals surface area contributed by atoms with Crippen LogP contribution < -0.4 is 4.74 Å². The van der Waals surface area contributed by atoms with E-state index in [1.807, 2.05) is 12.1 Å². The summed E-state index contributed by atoms with van der Waals surface area (Å²) in [7, 11) is 1.69. The van der Waals surface area contributed by atoms with E-state index in [1.165, 1.54) is 27.5 Å². The molecule has 0 fully saturated rings. The standard InChI is InChI=1S/C18H16N2O/c1-21-15-6-7-16-13(11-19-18(16)10-15)9-14-8-12-4-2-3-5-17(12)20-14/h2-8,10-11,19-20H,9H2,1H3. The summed E-state index contributed by atoms with van der Waals surface area (Å²) in [6.45, 7) is 0. The van der Waals surface area contributed by atoms with Crippen LogP contribution in [0.3, 0.4) is 0 Å². The summed E-state index contributed by atoms with van der Waals surface area (Å²) in [4.78, 5) is 6.81. The molecule has 0 aliphatic carbocycles. The van der Waals surface area contributed by atoms with Gasteiger partial charge in [-0.05, 0) is 35.2 Å². The molecular weight excluding hydrogens is 260 g/mol. The maximum Gasteiger partial charge on any atom is 0.120 e. The lowest BCUT2D eigenvalue weighted by molar-refractivity contribution is 0.415. The number of benzene rings is 2. The Kier molecular flexibility index (Phi) is 2.71. The van der Waals surface area contributed by atoms with Crippen molar-refractivity contribution in [3.8, 4) is 5.75 Å². The van der Waals surface area contributed by atoms with E-state index in [0.717, 1.165) is 17.7 Å². The molecule has 21 heavy (non-hydrogen) atoms. The number of hydrogen-bond acceptors (Lipinski definition) is 1. The quantitative estimate of drug-likeness (QED) is 0.577. The van der Waals surface area contributed by atoms with Crippen LogP contribution in [0.25, 0.3) is 21.8 Å². The van der Waals surface area contributed by atoms with Gasteiger partial charge in [-0.1, -0.05) is 18.2 Å². The number of fused-ring (bicyclic) bond motifs is 2. The zero-order valence-electron chi connectivity index (χ0n) is 11.8. The fourth-order valence-electron chi connectivity index (χ4n) is 2.87. The highest BCUT2D eigenvalue weighted by molar-refractivity contribution is 5.85. The zero-order valence-corrected chi connectivity index (χ0v) is 11.8. The highest BCUT2D eigenvalue weighted by atomic mass is 16.5. The lowest BCUT2D eigenvalue weighted by Crippen LogP contribution is -1.86. The molecule has 0 saturated heterocycles. The van der Waals surface area contributed by atoms with Crippen molar-refractivity contribution in [1.82, 2.24) is 9.97 Å². The fraction of sp³-hybridized carbons (Fsp3) is 0.111. The molecule has 0 amide bonds. The van der Waals surface area contributed by atoms with E-state index in [4.69, 9.17) is 4.74 Å². The van der Waals surface area contributed by atoms with Gasteiger partial charge < -0.3 is 14.7 Å². The molecule has 0 unspecified atom stereocenters. The van der Waals surface area contributed by atoms with Crippen molar-refractivity contribution < 1.29 is 4.74 Å². The van der Waals surface area contributed by atoms with Gasteiger partial charge in [0.15, 0.2) is 0 Å². The monoisotopic (exact) mass is 276 g/mol. The van der Waals surface area contributed by atoms with Gasteiger partial charge in [0.25, 0.3) is 0 Å².